The van der Waals surface area contributed by atoms with E-state index in [1.165, 1.54) is 36.8 Å². The van der Waals surface area contributed by atoms with Crippen molar-refractivity contribution in [2.24, 2.45) is 5.92 Å². The fourth-order valence-corrected chi connectivity index (χ4v) is 2.76. The highest BCUT2D eigenvalue weighted by atomic mass is 16.3. The molecule has 0 heterocycles. The molecule has 78 valence electrons. The average molecular weight is 192 g/mol. The molecule has 0 amide bonds. The zero-order chi connectivity index (χ0) is 9.97. The van der Waals surface area contributed by atoms with Crippen molar-refractivity contribution in [3.05, 3.63) is 23.3 Å². The molecule has 1 heteroatoms. The molecule has 0 bridgehead atoms. The molecule has 0 aromatic heterocycles. The first-order valence-electron chi connectivity index (χ1n) is 5.82. The molecule has 0 spiro atoms. The van der Waals surface area contributed by atoms with Crippen LogP contribution in [-0.2, 0) is 0 Å². The van der Waals surface area contributed by atoms with Gasteiger partial charge in [0.2, 0.25) is 0 Å². The van der Waals surface area contributed by atoms with Gasteiger partial charge in [-0.05, 0) is 45.4 Å². The van der Waals surface area contributed by atoms with Crippen LogP contribution in [-0.4, -0.2) is 11.2 Å². The molecule has 2 rings (SSSR count). The number of hydrogen-bond acceptors (Lipinski definition) is 1. The second-order valence-electron chi connectivity index (χ2n) is 4.60. The van der Waals surface area contributed by atoms with Crippen molar-refractivity contribution in [1.82, 2.24) is 0 Å². The van der Waals surface area contributed by atoms with Gasteiger partial charge in [-0.2, -0.15) is 0 Å². The Hall–Kier alpha value is -0.560. The lowest BCUT2D eigenvalue weighted by Crippen LogP contribution is -2.26. The summed E-state index contributed by atoms with van der Waals surface area (Å²) in [5.41, 5.74) is 2.88. The maximum atomic E-state index is 10.0. The molecule has 0 aromatic rings. The Morgan fingerprint density at radius 1 is 1.21 bits per heavy atom. The molecule has 1 nitrogen and oxygen atoms in total. The van der Waals surface area contributed by atoms with Crippen molar-refractivity contribution in [2.75, 3.05) is 0 Å². The van der Waals surface area contributed by atoms with Crippen LogP contribution < -0.4 is 0 Å². The van der Waals surface area contributed by atoms with E-state index in [0.717, 1.165) is 12.8 Å². The van der Waals surface area contributed by atoms with Crippen LogP contribution in [0.2, 0.25) is 0 Å². The summed E-state index contributed by atoms with van der Waals surface area (Å²) in [5, 5.41) is 10.0. The van der Waals surface area contributed by atoms with E-state index in [1.807, 2.05) is 0 Å². The molecule has 2 atom stereocenters. The first-order valence-corrected chi connectivity index (χ1v) is 5.82. The number of allylic oxidation sites excluding steroid dienone is 2. The summed E-state index contributed by atoms with van der Waals surface area (Å²) >= 11 is 0. The van der Waals surface area contributed by atoms with Crippen molar-refractivity contribution >= 4 is 0 Å². The second kappa shape index (κ2) is 4.31. The van der Waals surface area contributed by atoms with E-state index in [1.54, 1.807) is 0 Å². The molecule has 0 radical (unpaired) electrons. The van der Waals surface area contributed by atoms with Gasteiger partial charge >= 0.3 is 0 Å². The molecule has 2 unspecified atom stereocenters. The van der Waals surface area contributed by atoms with Crippen molar-refractivity contribution in [3.63, 3.8) is 0 Å². The standard InChI is InChI=1S/C13H20O/c1-10-6-5-9-12(14)13(10)11-7-3-2-4-8-11/h6-7,12-14H,2-5,8-9H2,1H3. The molecule has 14 heavy (non-hydrogen) atoms. The largest absolute Gasteiger partial charge is 0.392 e. The van der Waals surface area contributed by atoms with Crippen LogP contribution in [0.3, 0.4) is 0 Å². The van der Waals surface area contributed by atoms with E-state index >= 15 is 0 Å². The fourth-order valence-electron chi connectivity index (χ4n) is 2.76. The van der Waals surface area contributed by atoms with Gasteiger partial charge in [0.05, 0.1) is 6.10 Å². The highest BCUT2D eigenvalue weighted by Gasteiger charge is 2.27. The van der Waals surface area contributed by atoms with Crippen molar-refractivity contribution in [1.29, 1.82) is 0 Å². The van der Waals surface area contributed by atoms with Gasteiger partial charge in [-0.25, -0.2) is 0 Å². The molecule has 2 aliphatic rings. The van der Waals surface area contributed by atoms with Crippen LogP contribution in [0.1, 0.15) is 45.4 Å². The monoisotopic (exact) mass is 192 g/mol. The number of rotatable bonds is 1. The topological polar surface area (TPSA) is 20.2 Å². The summed E-state index contributed by atoms with van der Waals surface area (Å²) in [4.78, 5) is 0. The van der Waals surface area contributed by atoms with Crippen molar-refractivity contribution in [2.45, 2.75) is 51.6 Å². The summed E-state index contributed by atoms with van der Waals surface area (Å²) in [5.74, 6) is 0.351. The van der Waals surface area contributed by atoms with Crippen LogP contribution in [0, 0.1) is 5.92 Å². The molecular formula is C13H20O. The summed E-state index contributed by atoms with van der Waals surface area (Å²) < 4.78 is 0. The zero-order valence-electron chi connectivity index (χ0n) is 9.00. The third kappa shape index (κ3) is 1.93. The Bertz CT molecular complexity index is 262. The van der Waals surface area contributed by atoms with E-state index in [2.05, 4.69) is 19.1 Å². The highest BCUT2D eigenvalue weighted by Crippen LogP contribution is 2.35. The normalized spacial score (nSPS) is 33.6. The SMILES string of the molecule is CC1=CCCC(O)C1C1=CCCCC1. The predicted octanol–water partition coefficient (Wildman–Crippen LogP) is 3.20. The molecule has 0 saturated carbocycles. The van der Waals surface area contributed by atoms with E-state index < -0.39 is 0 Å². The van der Waals surface area contributed by atoms with Gasteiger partial charge < -0.3 is 5.11 Å². The molecule has 0 fully saturated rings. The van der Waals surface area contributed by atoms with Crippen LogP contribution in [0.4, 0.5) is 0 Å². The molecular weight excluding hydrogens is 172 g/mol. The van der Waals surface area contributed by atoms with Crippen LogP contribution in [0.5, 0.6) is 0 Å². The lowest BCUT2D eigenvalue weighted by molar-refractivity contribution is 0.123. The number of aliphatic hydroxyl groups excluding tert-OH is 1. The lowest BCUT2D eigenvalue weighted by atomic mass is 9.77. The molecule has 0 saturated heterocycles. The Morgan fingerprint density at radius 2 is 2.07 bits per heavy atom. The third-order valence-electron chi connectivity index (χ3n) is 3.53. The van der Waals surface area contributed by atoms with E-state index in [4.69, 9.17) is 0 Å². The van der Waals surface area contributed by atoms with E-state index in [0.29, 0.717) is 5.92 Å². The van der Waals surface area contributed by atoms with Crippen LogP contribution in [0.15, 0.2) is 23.3 Å². The molecule has 0 aromatic carbocycles. The van der Waals surface area contributed by atoms with Gasteiger partial charge in [-0.15, -0.1) is 0 Å². The predicted molar refractivity (Wildman–Crippen MR) is 59.0 cm³/mol. The van der Waals surface area contributed by atoms with Crippen molar-refractivity contribution < 1.29 is 5.11 Å². The Morgan fingerprint density at radius 3 is 2.71 bits per heavy atom. The highest BCUT2D eigenvalue weighted by molar-refractivity contribution is 5.25. The summed E-state index contributed by atoms with van der Waals surface area (Å²) in [6.07, 6.45) is 11.6. The zero-order valence-corrected chi connectivity index (χ0v) is 9.00. The first kappa shape index (κ1) is 9.97. The average Bonchev–Trinajstić information content (AvgIpc) is 2.19. The first-order chi connectivity index (χ1) is 6.79. The minimum Gasteiger partial charge on any atom is -0.392 e. The molecule has 2 aliphatic carbocycles. The maximum absolute atomic E-state index is 10.0. The summed E-state index contributed by atoms with van der Waals surface area (Å²) in [6, 6.07) is 0. The van der Waals surface area contributed by atoms with E-state index in [-0.39, 0.29) is 6.10 Å². The summed E-state index contributed by atoms with van der Waals surface area (Å²) in [6.45, 7) is 2.17. The number of hydrogen-bond donors (Lipinski definition) is 1. The fraction of sp³-hybridized carbons (Fsp3) is 0.692. The quantitative estimate of drug-likeness (QED) is 0.632. The van der Waals surface area contributed by atoms with Gasteiger partial charge in [0, 0.05) is 5.92 Å². The minimum absolute atomic E-state index is 0.121. The second-order valence-corrected chi connectivity index (χ2v) is 4.60. The Balaban J connectivity index is 2.17. The van der Waals surface area contributed by atoms with Gasteiger partial charge in [0.1, 0.15) is 0 Å². The lowest BCUT2D eigenvalue weighted by Gasteiger charge is -2.31. The van der Waals surface area contributed by atoms with Crippen LogP contribution >= 0.6 is 0 Å². The summed E-state index contributed by atoms with van der Waals surface area (Å²) in [7, 11) is 0. The Labute approximate surface area is 86.5 Å². The van der Waals surface area contributed by atoms with Gasteiger partial charge in [-0.3, -0.25) is 0 Å². The van der Waals surface area contributed by atoms with Crippen LogP contribution in [0.25, 0.3) is 0 Å². The smallest absolute Gasteiger partial charge is 0.0645 e. The van der Waals surface area contributed by atoms with Gasteiger partial charge in [-0.1, -0.05) is 23.3 Å². The van der Waals surface area contributed by atoms with E-state index in [9.17, 15) is 5.11 Å². The molecule has 1 N–H and O–H groups in total. The minimum atomic E-state index is -0.121. The number of aliphatic hydroxyl groups is 1. The molecule has 0 aliphatic heterocycles. The van der Waals surface area contributed by atoms with Gasteiger partial charge in [0.15, 0.2) is 0 Å². The van der Waals surface area contributed by atoms with Gasteiger partial charge in [0.25, 0.3) is 0 Å². The van der Waals surface area contributed by atoms with Crippen molar-refractivity contribution in [3.8, 4) is 0 Å². The Kier molecular flexibility index (Phi) is 3.07. The maximum Gasteiger partial charge on any atom is 0.0645 e. The third-order valence-corrected chi connectivity index (χ3v) is 3.53.